The molecule has 0 aliphatic rings. The summed E-state index contributed by atoms with van der Waals surface area (Å²) >= 11 is 0. The van der Waals surface area contributed by atoms with Crippen molar-refractivity contribution in [2.24, 2.45) is 0 Å². The molecule has 0 saturated carbocycles. The highest BCUT2D eigenvalue weighted by Crippen LogP contribution is 2.34. The maximum Gasteiger partial charge on any atom is 0.214 e. The van der Waals surface area contributed by atoms with Crippen molar-refractivity contribution in [2.45, 2.75) is 30.6 Å². The predicted molar refractivity (Wildman–Crippen MR) is 101 cm³/mol. The number of aryl methyl sites for hydroxylation is 1. The molecular weight excluding hydrogens is 332 g/mol. The molecule has 0 fully saturated rings. The van der Waals surface area contributed by atoms with Crippen molar-refractivity contribution >= 4 is 26.4 Å². The summed E-state index contributed by atoms with van der Waals surface area (Å²) in [5, 5.41) is 0.931. The third-order valence-corrected chi connectivity index (χ3v) is 6.23. The molecule has 0 amide bonds. The Balaban J connectivity index is 2.37. The highest BCUT2D eigenvalue weighted by atomic mass is 32.2. The fourth-order valence-electron chi connectivity index (χ4n) is 3.12. The van der Waals surface area contributed by atoms with E-state index in [2.05, 4.69) is 9.88 Å². The molecule has 0 spiro atoms. The van der Waals surface area contributed by atoms with E-state index >= 15 is 0 Å². The summed E-state index contributed by atoms with van der Waals surface area (Å²) in [6, 6.07) is 14.7. The van der Waals surface area contributed by atoms with Crippen LogP contribution in [-0.4, -0.2) is 21.5 Å². The number of anilines is 1. The second-order valence-electron chi connectivity index (χ2n) is 6.04. The topological polar surface area (TPSA) is 51.5 Å². The standard InChI is InChI=1S/C20H22N2O2S/c1-4-22(5-2)20-17-13-15(3)11-12-18(17)21-14-19(20)25(23,24)16-9-7-6-8-10-16/h6-14H,4-5H2,1-3H3/p+1. The average Bonchev–Trinajstić information content (AvgIpc) is 2.63. The zero-order chi connectivity index (χ0) is 18.0. The number of rotatable bonds is 5. The predicted octanol–water partition coefficient (Wildman–Crippen LogP) is 3.64. The lowest BCUT2D eigenvalue weighted by atomic mass is 10.1. The number of hydrogen-bond acceptors (Lipinski definition) is 3. The first-order valence-electron chi connectivity index (χ1n) is 8.49. The third-order valence-electron chi connectivity index (χ3n) is 4.45. The lowest BCUT2D eigenvalue weighted by molar-refractivity contribution is -0.347. The molecule has 0 atom stereocenters. The average molecular weight is 355 g/mol. The summed E-state index contributed by atoms with van der Waals surface area (Å²) in [5.74, 6) is 0. The van der Waals surface area contributed by atoms with Gasteiger partial charge < -0.3 is 4.90 Å². The molecule has 130 valence electrons. The fraction of sp³-hybridized carbons (Fsp3) is 0.250. The van der Waals surface area contributed by atoms with Crippen LogP contribution in [0, 0.1) is 6.92 Å². The summed E-state index contributed by atoms with van der Waals surface area (Å²) in [5.41, 5.74) is 2.80. The summed E-state index contributed by atoms with van der Waals surface area (Å²) in [4.78, 5) is 5.89. The van der Waals surface area contributed by atoms with E-state index in [4.69, 9.17) is 0 Å². The van der Waals surface area contributed by atoms with Crippen molar-refractivity contribution in [1.82, 2.24) is 0 Å². The van der Waals surface area contributed by atoms with Crippen molar-refractivity contribution in [3.05, 3.63) is 60.3 Å². The number of hydrogen-bond donors (Lipinski definition) is 0. The Kier molecular flexibility index (Phi) is 4.77. The molecule has 0 radical (unpaired) electrons. The Labute approximate surface area is 149 Å². The van der Waals surface area contributed by atoms with Gasteiger partial charge in [0.15, 0.2) is 11.1 Å². The van der Waals surface area contributed by atoms with Crippen LogP contribution >= 0.6 is 0 Å². The first-order valence-corrected chi connectivity index (χ1v) is 9.97. The monoisotopic (exact) mass is 355 g/mol. The highest BCUT2D eigenvalue weighted by Gasteiger charge is 2.28. The van der Waals surface area contributed by atoms with Gasteiger partial charge in [-0.3, -0.25) is 0 Å². The molecule has 1 heterocycles. The van der Waals surface area contributed by atoms with Crippen LogP contribution in [0.3, 0.4) is 0 Å². The van der Waals surface area contributed by atoms with E-state index in [0.29, 0.717) is 9.79 Å². The second kappa shape index (κ2) is 6.84. The number of aromatic amines is 1. The molecule has 1 N–H and O–H groups in total. The van der Waals surface area contributed by atoms with E-state index in [1.54, 1.807) is 30.5 Å². The van der Waals surface area contributed by atoms with Crippen LogP contribution in [0.1, 0.15) is 19.4 Å². The third kappa shape index (κ3) is 3.12. The van der Waals surface area contributed by atoms with Crippen LogP contribution in [0.15, 0.2) is 64.5 Å². The molecule has 1 aromatic heterocycles. The molecule has 0 aliphatic heterocycles. The van der Waals surface area contributed by atoms with E-state index in [-0.39, 0.29) is 0 Å². The zero-order valence-corrected chi connectivity index (χ0v) is 15.6. The quantitative estimate of drug-likeness (QED) is 0.702. The van der Waals surface area contributed by atoms with Crippen molar-refractivity contribution in [2.75, 3.05) is 18.0 Å². The van der Waals surface area contributed by atoms with Gasteiger partial charge in [-0.2, -0.15) is 0 Å². The van der Waals surface area contributed by atoms with Gasteiger partial charge in [0.2, 0.25) is 15.4 Å². The Hall–Kier alpha value is -2.40. The van der Waals surface area contributed by atoms with Crippen LogP contribution in [0.25, 0.3) is 10.9 Å². The Morgan fingerprint density at radius 3 is 2.32 bits per heavy atom. The largest absolute Gasteiger partial charge is 0.370 e. The van der Waals surface area contributed by atoms with Crippen molar-refractivity contribution in [1.29, 1.82) is 0 Å². The van der Waals surface area contributed by atoms with Crippen LogP contribution < -0.4 is 9.88 Å². The van der Waals surface area contributed by atoms with Gasteiger partial charge in [-0.1, -0.05) is 24.3 Å². The number of aromatic nitrogens is 1. The molecule has 3 aromatic rings. The van der Waals surface area contributed by atoms with Crippen LogP contribution in [0.5, 0.6) is 0 Å². The molecule has 0 aliphatic carbocycles. The number of H-pyrrole nitrogens is 1. The molecule has 0 bridgehead atoms. The number of nitrogens with zero attached hydrogens (tertiary/aromatic N) is 1. The summed E-state index contributed by atoms with van der Waals surface area (Å²) in [6.45, 7) is 7.58. The fourth-order valence-corrected chi connectivity index (χ4v) is 4.60. The number of benzene rings is 2. The van der Waals surface area contributed by atoms with Gasteiger partial charge in [0, 0.05) is 19.2 Å². The summed E-state index contributed by atoms with van der Waals surface area (Å²) in [6.07, 6.45) is 1.62. The summed E-state index contributed by atoms with van der Waals surface area (Å²) < 4.78 is 26.5. The van der Waals surface area contributed by atoms with E-state index in [1.807, 2.05) is 45.0 Å². The molecule has 2 aromatic carbocycles. The first-order chi connectivity index (χ1) is 12.0. The molecule has 25 heavy (non-hydrogen) atoms. The minimum absolute atomic E-state index is 0.309. The minimum Gasteiger partial charge on any atom is -0.370 e. The van der Waals surface area contributed by atoms with E-state index in [1.165, 1.54) is 0 Å². The van der Waals surface area contributed by atoms with E-state index < -0.39 is 9.84 Å². The summed E-state index contributed by atoms with van der Waals surface area (Å²) in [7, 11) is -3.61. The van der Waals surface area contributed by atoms with Gasteiger partial charge in [0.1, 0.15) is 0 Å². The van der Waals surface area contributed by atoms with Gasteiger partial charge >= 0.3 is 0 Å². The molecule has 5 heteroatoms. The van der Waals surface area contributed by atoms with Crippen molar-refractivity contribution in [3.8, 4) is 0 Å². The van der Waals surface area contributed by atoms with Gasteiger partial charge in [-0.15, -0.1) is 0 Å². The second-order valence-corrected chi connectivity index (χ2v) is 7.96. The normalized spacial score (nSPS) is 11.6. The van der Waals surface area contributed by atoms with Crippen LogP contribution in [0.2, 0.25) is 0 Å². The van der Waals surface area contributed by atoms with Gasteiger partial charge in [-0.05, 0) is 44.5 Å². The number of sulfone groups is 1. The van der Waals surface area contributed by atoms with Crippen molar-refractivity contribution in [3.63, 3.8) is 0 Å². The maximum absolute atomic E-state index is 13.3. The van der Waals surface area contributed by atoms with Gasteiger partial charge in [-0.25, -0.2) is 13.4 Å². The SMILES string of the molecule is CCN(CC)c1c(S(=O)(=O)c2ccccc2)c[nH+]c2ccc(C)cc12. The minimum atomic E-state index is -3.61. The maximum atomic E-state index is 13.3. The van der Waals surface area contributed by atoms with E-state index in [0.717, 1.165) is 35.2 Å². The smallest absolute Gasteiger partial charge is 0.214 e. The van der Waals surface area contributed by atoms with Crippen molar-refractivity contribution < 1.29 is 13.4 Å². The van der Waals surface area contributed by atoms with Crippen LogP contribution in [-0.2, 0) is 9.84 Å². The highest BCUT2D eigenvalue weighted by molar-refractivity contribution is 7.91. The molecule has 4 nitrogen and oxygen atoms in total. The molecule has 3 rings (SSSR count). The van der Waals surface area contributed by atoms with Crippen LogP contribution in [0.4, 0.5) is 5.69 Å². The Morgan fingerprint density at radius 2 is 1.68 bits per heavy atom. The number of pyridine rings is 1. The molecule has 0 unspecified atom stereocenters. The van der Waals surface area contributed by atoms with Gasteiger partial charge in [0.05, 0.1) is 16.0 Å². The lowest BCUT2D eigenvalue weighted by Crippen LogP contribution is -2.26. The van der Waals surface area contributed by atoms with E-state index in [9.17, 15) is 8.42 Å². The van der Waals surface area contributed by atoms with Gasteiger partial charge in [0.25, 0.3) is 0 Å². The Bertz CT molecular complexity index is 995. The lowest BCUT2D eigenvalue weighted by Gasteiger charge is -2.24. The first kappa shape index (κ1) is 17.4. The number of fused-ring (bicyclic) bond motifs is 1. The Morgan fingerprint density at radius 1 is 1.00 bits per heavy atom. The number of nitrogens with one attached hydrogen (secondary N) is 1. The molecule has 0 saturated heterocycles. The molecular formula is C20H23N2O2S+. The zero-order valence-electron chi connectivity index (χ0n) is 14.8.